The molecule has 136 valence electrons. The van der Waals surface area contributed by atoms with Gasteiger partial charge in [-0.15, -0.1) is 0 Å². The monoisotopic (exact) mass is 354 g/mol. The number of methoxy groups -OCH3 is 1. The molecular formula is C20H22N2O4. The van der Waals surface area contributed by atoms with E-state index in [4.69, 9.17) is 9.47 Å². The summed E-state index contributed by atoms with van der Waals surface area (Å²) < 4.78 is 10.7. The second-order valence-corrected chi connectivity index (χ2v) is 6.25. The summed E-state index contributed by atoms with van der Waals surface area (Å²) in [5.74, 6) is 0.820. The van der Waals surface area contributed by atoms with Gasteiger partial charge in [-0.2, -0.15) is 0 Å². The van der Waals surface area contributed by atoms with E-state index in [0.29, 0.717) is 18.0 Å². The van der Waals surface area contributed by atoms with Crippen molar-refractivity contribution in [2.75, 3.05) is 25.2 Å². The normalized spacial score (nSPS) is 16.5. The van der Waals surface area contributed by atoms with Gasteiger partial charge >= 0.3 is 0 Å². The molecule has 1 saturated heterocycles. The lowest BCUT2D eigenvalue weighted by molar-refractivity contribution is -0.123. The summed E-state index contributed by atoms with van der Waals surface area (Å²) in [6.07, 6.45) is 0.286. The van der Waals surface area contributed by atoms with Crippen molar-refractivity contribution in [3.63, 3.8) is 0 Å². The third kappa shape index (κ3) is 4.14. The zero-order chi connectivity index (χ0) is 18.5. The molecule has 1 N–H and O–H groups in total. The number of aryl methyl sites for hydroxylation is 1. The fourth-order valence-electron chi connectivity index (χ4n) is 2.93. The zero-order valence-electron chi connectivity index (χ0n) is 14.9. The van der Waals surface area contributed by atoms with Gasteiger partial charge in [-0.1, -0.05) is 29.8 Å². The molecule has 6 heteroatoms. The Kier molecular flexibility index (Phi) is 5.41. The molecule has 1 fully saturated rings. The fraction of sp³-hybridized carbons (Fsp3) is 0.300. The number of hydrogen-bond acceptors (Lipinski definition) is 4. The summed E-state index contributed by atoms with van der Waals surface area (Å²) in [4.78, 5) is 26.1. The number of para-hydroxylation sites is 2. The van der Waals surface area contributed by atoms with Crippen LogP contribution in [0.15, 0.2) is 48.5 Å². The summed E-state index contributed by atoms with van der Waals surface area (Å²) in [5, 5.41) is 2.86. The van der Waals surface area contributed by atoms with E-state index < -0.39 is 0 Å². The van der Waals surface area contributed by atoms with Crippen LogP contribution in [0.1, 0.15) is 12.0 Å². The van der Waals surface area contributed by atoms with E-state index >= 15 is 0 Å². The highest BCUT2D eigenvalue weighted by Crippen LogP contribution is 2.25. The number of rotatable bonds is 6. The van der Waals surface area contributed by atoms with E-state index in [0.717, 1.165) is 11.3 Å². The molecule has 0 radical (unpaired) electrons. The Morgan fingerprint density at radius 2 is 1.85 bits per heavy atom. The number of nitrogens with one attached hydrogen (secondary N) is 1. The van der Waals surface area contributed by atoms with E-state index in [9.17, 15) is 9.59 Å². The second kappa shape index (κ2) is 7.91. The molecular weight excluding hydrogens is 332 g/mol. The van der Waals surface area contributed by atoms with Crippen molar-refractivity contribution in [2.24, 2.45) is 0 Å². The number of ether oxygens (including phenoxy) is 2. The van der Waals surface area contributed by atoms with Gasteiger partial charge in [0.1, 0.15) is 0 Å². The van der Waals surface area contributed by atoms with Gasteiger partial charge in [0, 0.05) is 18.7 Å². The minimum Gasteiger partial charge on any atom is -0.493 e. The van der Waals surface area contributed by atoms with Gasteiger partial charge in [-0.3, -0.25) is 9.59 Å². The van der Waals surface area contributed by atoms with Crippen molar-refractivity contribution in [3.8, 4) is 11.5 Å². The lowest BCUT2D eigenvalue weighted by atomic mass is 10.2. The minimum atomic E-state index is -0.264. The van der Waals surface area contributed by atoms with E-state index in [-0.39, 0.29) is 30.9 Å². The van der Waals surface area contributed by atoms with Gasteiger partial charge in [0.2, 0.25) is 5.91 Å². The summed E-state index contributed by atoms with van der Waals surface area (Å²) >= 11 is 0. The largest absolute Gasteiger partial charge is 0.493 e. The molecule has 6 nitrogen and oxygen atoms in total. The third-order valence-electron chi connectivity index (χ3n) is 4.26. The first-order chi connectivity index (χ1) is 12.6. The average molecular weight is 354 g/mol. The lowest BCUT2D eigenvalue weighted by Crippen LogP contribution is -2.39. The van der Waals surface area contributed by atoms with Crippen molar-refractivity contribution >= 4 is 17.5 Å². The quantitative estimate of drug-likeness (QED) is 0.864. The van der Waals surface area contributed by atoms with Crippen molar-refractivity contribution in [3.05, 3.63) is 54.1 Å². The van der Waals surface area contributed by atoms with Crippen LogP contribution < -0.4 is 19.7 Å². The Morgan fingerprint density at radius 1 is 1.15 bits per heavy atom. The molecule has 0 aliphatic carbocycles. The van der Waals surface area contributed by atoms with Gasteiger partial charge in [0.15, 0.2) is 18.1 Å². The molecule has 3 rings (SSSR count). The maximum absolute atomic E-state index is 12.2. The maximum Gasteiger partial charge on any atom is 0.258 e. The molecule has 2 amide bonds. The van der Waals surface area contributed by atoms with Crippen molar-refractivity contribution < 1.29 is 19.1 Å². The Morgan fingerprint density at radius 3 is 2.54 bits per heavy atom. The molecule has 2 aromatic rings. The highest BCUT2D eigenvalue weighted by Gasteiger charge is 2.31. The number of benzene rings is 2. The molecule has 0 saturated carbocycles. The molecule has 1 atom stereocenters. The Bertz CT molecular complexity index is 789. The molecule has 1 aliphatic heterocycles. The first-order valence-corrected chi connectivity index (χ1v) is 8.49. The van der Waals surface area contributed by atoms with Crippen LogP contribution in [0, 0.1) is 6.92 Å². The SMILES string of the molecule is COc1ccccc1OCC(=O)N[C@H]1CC(=O)N(c2ccc(C)cc2)C1. The summed E-state index contributed by atoms with van der Waals surface area (Å²) in [6.45, 7) is 2.33. The van der Waals surface area contributed by atoms with Crippen LogP contribution in [-0.4, -0.2) is 38.1 Å². The van der Waals surface area contributed by atoms with E-state index in [1.165, 1.54) is 0 Å². The molecule has 0 unspecified atom stereocenters. The molecule has 1 aliphatic rings. The zero-order valence-corrected chi connectivity index (χ0v) is 14.9. The fourth-order valence-corrected chi connectivity index (χ4v) is 2.93. The Hall–Kier alpha value is -3.02. The first kappa shape index (κ1) is 17.8. The van der Waals surface area contributed by atoms with Crippen LogP contribution in [0.3, 0.4) is 0 Å². The van der Waals surface area contributed by atoms with Crippen LogP contribution >= 0.6 is 0 Å². The van der Waals surface area contributed by atoms with Crippen LogP contribution in [0.2, 0.25) is 0 Å². The van der Waals surface area contributed by atoms with Crippen LogP contribution in [0.5, 0.6) is 11.5 Å². The molecule has 0 bridgehead atoms. The van der Waals surface area contributed by atoms with Crippen molar-refractivity contribution in [2.45, 2.75) is 19.4 Å². The number of nitrogens with zero attached hydrogens (tertiary/aromatic N) is 1. The van der Waals surface area contributed by atoms with Crippen LogP contribution in [-0.2, 0) is 9.59 Å². The average Bonchev–Trinajstić information content (AvgIpc) is 3.01. The minimum absolute atomic E-state index is 0.00444. The number of carbonyl (C=O) groups is 2. The van der Waals surface area contributed by atoms with Gasteiger partial charge in [0.05, 0.1) is 13.2 Å². The molecule has 26 heavy (non-hydrogen) atoms. The van der Waals surface area contributed by atoms with Crippen molar-refractivity contribution in [1.82, 2.24) is 5.32 Å². The third-order valence-corrected chi connectivity index (χ3v) is 4.26. The number of anilines is 1. The molecule has 0 aromatic heterocycles. The number of carbonyl (C=O) groups excluding carboxylic acids is 2. The van der Waals surface area contributed by atoms with Gasteiger partial charge < -0.3 is 19.7 Å². The molecule has 0 spiro atoms. The molecule has 2 aromatic carbocycles. The summed E-state index contributed by atoms with van der Waals surface area (Å²) in [6, 6.07) is 14.7. The van der Waals surface area contributed by atoms with Crippen LogP contribution in [0.4, 0.5) is 5.69 Å². The van der Waals surface area contributed by atoms with E-state index in [1.807, 2.05) is 43.3 Å². The predicted molar refractivity (Wildman–Crippen MR) is 98.6 cm³/mol. The van der Waals surface area contributed by atoms with E-state index in [2.05, 4.69) is 5.32 Å². The Labute approximate surface area is 152 Å². The lowest BCUT2D eigenvalue weighted by Gasteiger charge is -2.17. The van der Waals surface area contributed by atoms with Crippen molar-refractivity contribution in [1.29, 1.82) is 0 Å². The van der Waals surface area contributed by atoms with Gasteiger partial charge in [-0.05, 0) is 31.2 Å². The highest BCUT2D eigenvalue weighted by atomic mass is 16.5. The summed E-state index contributed by atoms with van der Waals surface area (Å²) in [5.41, 5.74) is 1.99. The van der Waals surface area contributed by atoms with E-state index in [1.54, 1.807) is 24.1 Å². The number of amides is 2. The highest BCUT2D eigenvalue weighted by molar-refractivity contribution is 5.96. The van der Waals surface area contributed by atoms with Crippen LogP contribution in [0.25, 0.3) is 0 Å². The Balaban J connectivity index is 1.53. The number of hydrogen-bond donors (Lipinski definition) is 1. The second-order valence-electron chi connectivity index (χ2n) is 6.25. The van der Waals surface area contributed by atoms with Gasteiger partial charge in [0.25, 0.3) is 5.91 Å². The standard InChI is InChI=1S/C20H22N2O4/c1-14-7-9-16(10-8-14)22-12-15(11-20(22)24)21-19(23)13-26-18-6-4-3-5-17(18)25-2/h3-10,15H,11-13H2,1-2H3,(H,21,23)/t15-/m0/s1. The first-order valence-electron chi connectivity index (χ1n) is 8.49. The summed E-state index contributed by atoms with van der Waals surface area (Å²) in [7, 11) is 1.55. The maximum atomic E-state index is 12.2. The predicted octanol–water partition coefficient (Wildman–Crippen LogP) is 2.30. The van der Waals surface area contributed by atoms with Gasteiger partial charge in [-0.25, -0.2) is 0 Å². The topological polar surface area (TPSA) is 67.9 Å². The molecule has 1 heterocycles. The smallest absolute Gasteiger partial charge is 0.258 e.